The first kappa shape index (κ1) is 13.5. The lowest BCUT2D eigenvalue weighted by atomic mass is 9.93. The summed E-state index contributed by atoms with van der Waals surface area (Å²) in [6.45, 7) is 2.15. The zero-order valence-corrected chi connectivity index (χ0v) is 8.96. The molecule has 0 heteroatoms. The zero-order chi connectivity index (χ0) is 10.3. The Morgan fingerprint density at radius 2 is 1.76 bits per heavy atom. The summed E-state index contributed by atoms with van der Waals surface area (Å²) in [6.07, 6.45) is 6.89. The molecule has 0 saturated heterocycles. The SMILES string of the molecule is C.C.Cc1ccc2cc3c(cc2c1)C=CCC3. The molecule has 1 aliphatic carbocycles. The molecule has 0 unspecified atom stereocenters. The lowest BCUT2D eigenvalue weighted by Gasteiger charge is -2.12. The summed E-state index contributed by atoms with van der Waals surface area (Å²) in [5.74, 6) is 0. The lowest BCUT2D eigenvalue weighted by Crippen LogP contribution is -1.93. The highest BCUT2D eigenvalue weighted by Gasteiger charge is 2.05. The van der Waals surface area contributed by atoms with Crippen molar-refractivity contribution in [1.29, 1.82) is 0 Å². The van der Waals surface area contributed by atoms with Crippen LogP contribution in [0, 0.1) is 6.92 Å². The number of benzene rings is 2. The largest absolute Gasteiger partial charge is 0.0836 e. The van der Waals surface area contributed by atoms with Gasteiger partial charge in [-0.1, -0.05) is 56.8 Å². The van der Waals surface area contributed by atoms with Gasteiger partial charge < -0.3 is 0 Å². The van der Waals surface area contributed by atoms with E-state index in [1.165, 1.54) is 40.3 Å². The third-order valence-electron chi connectivity index (χ3n) is 3.13. The van der Waals surface area contributed by atoms with Crippen molar-refractivity contribution in [2.75, 3.05) is 0 Å². The van der Waals surface area contributed by atoms with E-state index >= 15 is 0 Å². The van der Waals surface area contributed by atoms with E-state index < -0.39 is 0 Å². The predicted octanol–water partition coefficient (Wildman–Crippen LogP) is 5.38. The van der Waals surface area contributed by atoms with Crippen molar-refractivity contribution in [3.63, 3.8) is 0 Å². The predicted molar refractivity (Wildman–Crippen MR) is 79.5 cm³/mol. The molecule has 0 amide bonds. The summed E-state index contributed by atoms with van der Waals surface area (Å²) in [5.41, 5.74) is 4.23. The van der Waals surface area contributed by atoms with Crippen molar-refractivity contribution in [3.8, 4) is 0 Å². The maximum absolute atomic E-state index is 2.34. The van der Waals surface area contributed by atoms with Gasteiger partial charge in [-0.3, -0.25) is 0 Å². The molecule has 0 N–H and O–H groups in total. The number of hydrogen-bond acceptors (Lipinski definition) is 0. The fourth-order valence-corrected chi connectivity index (χ4v) is 2.30. The molecule has 0 aromatic heterocycles. The van der Waals surface area contributed by atoms with Crippen LogP contribution in [0.25, 0.3) is 16.8 Å². The first-order valence-corrected chi connectivity index (χ1v) is 5.53. The Balaban J connectivity index is 0.000000722. The summed E-state index contributed by atoms with van der Waals surface area (Å²) in [5, 5.41) is 2.73. The molecular formula is C17H22. The van der Waals surface area contributed by atoms with Crippen LogP contribution in [-0.2, 0) is 6.42 Å². The fourth-order valence-electron chi connectivity index (χ4n) is 2.30. The maximum Gasteiger partial charge on any atom is -0.0175 e. The Kier molecular flexibility index (Phi) is 4.11. The summed E-state index contributed by atoms with van der Waals surface area (Å²) < 4.78 is 0. The van der Waals surface area contributed by atoms with E-state index in [4.69, 9.17) is 0 Å². The third kappa shape index (κ3) is 2.41. The standard InChI is InChI=1S/C15H14.2CH4/c1-11-6-7-14-9-12-4-2-3-5-13(12)10-15(14)8-11;;/h3,5-10H,2,4H2,1H3;2*1H4. The average molecular weight is 226 g/mol. The quantitative estimate of drug-likeness (QED) is 0.565. The molecule has 0 aliphatic heterocycles. The molecule has 0 spiro atoms. The smallest absolute Gasteiger partial charge is 0.0175 e. The number of fused-ring (bicyclic) bond motifs is 2. The minimum absolute atomic E-state index is 0. The van der Waals surface area contributed by atoms with Crippen LogP contribution in [0.2, 0.25) is 0 Å². The highest BCUT2D eigenvalue weighted by atomic mass is 14.1. The highest BCUT2D eigenvalue weighted by molar-refractivity contribution is 5.87. The van der Waals surface area contributed by atoms with Crippen LogP contribution < -0.4 is 0 Å². The Hall–Kier alpha value is -1.56. The summed E-state index contributed by atoms with van der Waals surface area (Å²) in [4.78, 5) is 0. The molecule has 0 saturated carbocycles. The van der Waals surface area contributed by atoms with E-state index in [9.17, 15) is 0 Å². The van der Waals surface area contributed by atoms with E-state index in [0.717, 1.165) is 0 Å². The van der Waals surface area contributed by atoms with Gasteiger partial charge in [-0.05, 0) is 47.7 Å². The molecular weight excluding hydrogens is 204 g/mol. The van der Waals surface area contributed by atoms with E-state index in [1.807, 2.05) is 0 Å². The van der Waals surface area contributed by atoms with E-state index in [2.05, 4.69) is 49.4 Å². The lowest BCUT2D eigenvalue weighted by molar-refractivity contribution is 0.989. The van der Waals surface area contributed by atoms with Gasteiger partial charge in [0.25, 0.3) is 0 Å². The van der Waals surface area contributed by atoms with Gasteiger partial charge >= 0.3 is 0 Å². The molecule has 0 nitrogen and oxygen atoms in total. The number of aryl methyl sites for hydroxylation is 2. The third-order valence-corrected chi connectivity index (χ3v) is 3.13. The van der Waals surface area contributed by atoms with Crippen molar-refractivity contribution < 1.29 is 0 Å². The molecule has 1 aliphatic rings. The second kappa shape index (κ2) is 5.18. The highest BCUT2D eigenvalue weighted by Crippen LogP contribution is 2.25. The molecule has 90 valence electrons. The Morgan fingerprint density at radius 3 is 2.59 bits per heavy atom. The molecule has 0 heterocycles. The molecule has 0 radical (unpaired) electrons. The fraction of sp³-hybridized carbons (Fsp3) is 0.294. The molecule has 2 aromatic carbocycles. The molecule has 0 fully saturated rings. The van der Waals surface area contributed by atoms with E-state index in [1.54, 1.807) is 0 Å². The van der Waals surface area contributed by atoms with Crippen molar-refractivity contribution in [1.82, 2.24) is 0 Å². The summed E-state index contributed by atoms with van der Waals surface area (Å²) in [7, 11) is 0. The van der Waals surface area contributed by atoms with Crippen LogP contribution in [0.4, 0.5) is 0 Å². The second-order valence-corrected chi connectivity index (χ2v) is 4.34. The monoisotopic (exact) mass is 226 g/mol. The van der Waals surface area contributed by atoms with Crippen molar-refractivity contribution in [2.24, 2.45) is 0 Å². The molecule has 0 atom stereocenters. The number of hydrogen-bond donors (Lipinski definition) is 0. The maximum atomic E-state index is 2.34. The topological polar surface area (TPSA) is 0 Å². The first-order valence-electron chi connectivity index (χ1n) is 5.53. The van der Waals surface area contributed by atoms with Crippen molar-refractivity contribution in [3.05, 3.63) is 53.1 Å². The first-order chi connectivity index (χ1) is 7.33. The molecule has 3 rings (SSSR count). The van der Waals surface area contributed by atoms with Gasteiger partial charge in [0, 0.05) is 0 Å². The van der Waals surface area contributed by atoms with Gasteiger partial charge in [-0.2, -0.15) is 0 Å². The van der Waals surface area contributed by atoms with Crippen LogP contribution in [0.15, 0.2) is 36.4 Å². The Morgan fingerprint density at radius 1 is 0.941 bits per heavy atom. The van der Waals surface area contributed by atoms with Gasteiger partial charge in [0.05, 0.1) is 0 Å². The van der Waals surface area contributed by atoms with Crippen LogP contribution >= 0.6 is 0 Å². The summed E-state index contributed by atoms with van der Waals surface area (Å²) in [6, 6.07) is 11.3. The average Bonchev–Trinajstić information content (AvgIpc) is 2.26. The molecule has 0 bridgehead atoms. The van der Waals surface area contributed by atoms with Gasteiger partial charge in [-0.15, -0.1) is 0 Å². The van der Waals surface area contributed by atoms with E-state index in [0.29, 0.717) is 0 Å². The summed E-state index contributed by atoms with van der Waals surface area (Å²) >= 11 is 0. The zero-order valence-electron chi connectivity index (χ0n) is 8.96. The van der Waals surface area contributed by atoms with Gasteiger partial charge in [0.1, 0.15) is 0 Å². The second-order valence-electron chi connectivity index (χ2n) is 4.34. The van der Waals surface area contributed by atoms with Crippen molar-refractivity contribution in [2.45, 2.75) is 34.6 Å². The van der Waals surface area contributed by atoms with Crippen LogP contribution in [0.1, 0.15) is 38.0 Å². The normalized spacial score (nSPS) is 12.5. The Bertz CT molecular complexity index is 547. The number of rotatable bonds is 0. The minimum atomic E-state index is 0. The Labute approximate surface area is 105 Å². The van der Waals surface area contributed by atoms with Crippen LogP contribution in [0.3, 0.4) is 0 Å². The van der Waals surface area contributed by atoms with Gasteiger partial charge in [0.15, 0.2) is 0 Å². The van der Waals surface area contributed by atoms with Gasteiger partial charge in [-0.25, -0.2) is 0 Å². The number of allylic oxidation sites excluding steroid dienone is 1. The molecule has 17 heavy (non-hydrogen) atoms. The minimum Gasteiger partial charge on any atom is -0.0836 e. The molecule has 2 aromatic rings. The van der Waals surface area contributed by atoms with Gasteiger partial charge in [0.2, 0.25) is 0 Å². The van der Waals surface area contributed by atoms with Crippen LogP contribution in [-0.4, -0.2) is 0 Å². The van der Waals surface area contributed by atoms with Crippen molar-refractivity contribution >= 4 is 16.8 Å². The van der Waals surface area contributed by atoms with Crippen LogP contribution in [0.5, 0.6) is 0 Å². The van der Waals surface area contributed by atoms with E-state index in [-0.39, 0.29) is 14.9 Å².